The summed E-state index contributed by atoms with van der Waals surface area (Å²) in [6.45, 7) is 5.21. The van der Waals surface area contributed by atoms with E-state index in [1.54, 1.807) is 12.1 Å². The Morgan fingerprint density at radius 2 is 1.94 bits per heavy atom. The number of nitrogens with one attached hydrogen (secondary N) is 1. The summed E-state index contributed by atoms with van der Waals surface area (Å²) in [4.78, 5) is 0. The monoisotopic (exact) mass is 243 g/mol. The van der Waals surface area contributed by atoms with Crippen LogP contribution in [0.1, 0.15) is 19.4 Å². The summed E-state index contributed by atoms with van der Waals surface area (Å²) in [5, 5.41) is 3.26. The second kappa shape index (κ2) is 7.22. The lowest BCUT2D eigenvalue weighted by Gasteiger charge is -2.12. The van der Waals surface area contributed by atoms with Gasteiger partial charge in [0.2, 0.25) is 0 Å². The Hall–Kier alpha value is -1.16. The first-order chi connectivity index (χ1) is 8.09. The summed E-state index contributed by atoms with van der Waals surface area (Å²) in [5.41, 5.74) is 0.911. The molecule has 0 bridgehead atoms. The van der Waals surface area contributed by atoms with Gasteiger partial charge in [0.15, 0.2) is 0 Å². The number of para-hydroxylation sites is 1. The standard InChI is InChI=1S/C13H19F2NO/c1-10(2)7-16-8-11-5-3-4-6-12(11)17-9-13(14)15/h3-6,10,13,16H,7-9H2,1-2H3. The minimum atomic E-state index is -2.44. The minimum absolute atomic E-state index is 0.532. The molecule has 0 unspecified atom stereocenters. The molecule has 2 nitrogen and oxygen atoms in total. The van der Waals surface area contributed by atoms with Crippen molar-refractivity contribution in [2.75, 3.05) is 13.2 Å². The number of hydrogen-bond acceptors (Lipinski definition) is 2. The smallest absolute Gasteiger partial charge is 0.272 e. The van der Waals surface area contributed by atoms with Crippen LogP contribution >= 0.6 is 0 Å². The zero-order valence-electron chi connectivity index (χ0n) is 10.2. The van der Waals surface area contributed by atoms with Crippen molar-refractivity contribution in [1.82, 2.24) is 5.32 Å². The van der Waals surface area contributed by atoms with E-state index in [0.717, 1.165) is 12.1 Å². The van der Waals surface area contributed by atoms with Crippen molar-refractivity contribution in [3.63, 3.8) is 0 Å². The van der Waals surface area contributed by atoms with E-state index in [4.69, 9.17) is 4.74 Å². The first-order valence-electron chi connectivity index (χ1n) is 5.79. The second-order valence-electron chi connectivity index (χ2n) is 4.33. The van der Waals surface area contributed by atoms with Gasteiger partial charge >= 0.3 is 0 Å². The SMILES string of the molecule is CC(C)CNCc1ccccc1OCC(F)F. The Labute approximate surface area is 101 Å². The molecule has 1 N–H and O–H groups in total. The molecular weight excluding hydrogens is 224 g/mol. The number of ether oxygens (including phenoxy) is 1. The van der Waals surface area contributed by atoms with E-state index in [-0.39, 0.29) is 0 Å². The zero-order chi connectivity index (χ0) is 12.7. The molecule has 0 spiro atoms. The van der Waals surface area contributed by atoms with Gasteiger partial charge in [0.05, 0.1) is 0 Å². The maximum absolute atomic E-state index is 12.1. The lowest BCUT2D eigenvalue weighted by atomic mass is 10.2. The van der Waals surface area contributed by atoms with Crippen molar-refractivity contribution < 1.29 is 13.5 Å². The first kappa shape index (κ1) is 13.9. The summed E-state index contributed by atoms with van der Waals surface area (Å²) in [6.07, 6.45) is -2.44. The molecule has 1 rings (SSSR count). The highest BCUT2D eigenvalue weighted by Gasteiger charge is 2.07. The molecule has 4 heteroatoms. The van der Waals surface area contributed by atoms with Crippen LogP contribution < -0.4 is 10.1 Å². The van der Waals surface area contributed by atoms with E-state index >= 15 is 0 Å². The Balaban J connectivity index is 2.51. The molecule has 1 aromatic carbocycles. The van der Waals surface area contributed by atoms with Crippen LogP contribution in [0.2, 0.25) is 0 Å². The lowest BCUT2D eigenvalue weighted by molar-refractivity contribution is 0.0813. The highest BCUT2D eigenvalue weighted by atomic mass is 19.3. The van der Waals surface area contributed by atoms with Crippen molar-refractivity contribution in [2.24, 2.45) is 5.92 Å². The van der Waals surface area contributed by atoms with Crippen LogP contribution in [-0.2, 0) is 6.54 Å². The van der Waals surface area contributed by atoms with Crippen LogP contribution in [0.5, 0.6) is 5.75 Å². The van der Waals surface area contributed by atoms with Gasteiger partial charge in [-0.3, -0.25) is 0 Å². The van der Waals surface area contributed by atoms with Crippen LogP contribution in [0.4, 0.5) is 8.78 Å². The molecule has 1 aromatic rings. The van der Waals surface area contributed by atoms with E-state index in [2.05, 4.69) is 19.2 Å². The van der Waals surface area contributed by atoms with Crippen molar-refractivity contribution in [3.8, 4) is 5.75 Å². The summed E-state index contributed by atoms with van der Waals surface area (Å²) < 4.78 is 29.2. The molecule has 0 aliphatic rings. The average molecular weight is 243 g/mol. The molecule has 0 aliphatic heterocycles. The second-order valence-corrected chi connectivity index (χ2v) is 4.33. The number of rotatable bonds is 7. The van der Waals surface area contributed by atoms with Gasteiger partial charge in [-0.2, -0.15) is 0 Å². The van der Waals surface area contributed by atoms with Crippen LogP contribution in [0.3, 0.4) is 0 Å². The van der Waals surface area contributed by atoms with Gasteiger partial charge in [-0.25, -0.2) is 8.78 Å². The third kappa shape index (κ3) is 5.63. The van der Waals surface area contributed by atoms with Crippen molar-refractivity contribution in [1.29, 1.82) is 0 Å². The van der Waals surface area contributed by atoms with Gasteiger partial charge in [0.25, 0.3) is 6.43 Å². The molecule has 96 valence electrons. The van der Waals surface area contributed by atoms with E-state index in [1.165, 1.54) is 0 Å². The Kier molecular flexibility index (Phi) is 5.91. The van der Waals surface area contributed by atoms with Crippen molar-refractivity contribution in [2.45, 2.75) is 26.8 Å². The van der Waals surface area contributed by atoms with E-state index < -0.39 is 13.0 Å². The minimum Gasteiger partial charge on any atom is -0.487 e. The molecule has 0 amide bonds. The number of benzene rings is 1. The normalized spacial score (nSPS) is 11.2. The highest BCUT2D eigenvalue weighted by Crippen LogP contribution is 2.18. The van der Waals surface area contributed by atoms with Gasteiger partial charge in [-0.05, 0) is 18.5 Å². The fraction of sp³-hybridized carbons (Fsp3) is 0.538. The predicted octanol–water partition coefficient (Wildman–Crippen LogP) is 3.08. The molecular formula is C13H19F2NO. The maximum Gasteiger partial charge on any atom is 0.272 e. The summed E-state index contributed by atoms with van der Waals surface area (Å²) in [6, 6.07) is 7.26. The van der Waals surface area contributed by atoms with E-state index in [1.807, 2.05) is 12.1 Å². The molecule has 0 fully saturated rings. The van der Waals surface area contributed by atoms with Crippen molar-refractivity contribution in [3.05, 3.63) is 29.8 Å². The van der Waals surface area contributed by atoms with E-state index in [9.17, 15) is 8.78 Å². The third-order valence-electron chi connectivity index (χ3n) is 2.21. The molecule has 17 heavy (non-hydrogen) atoms. The molecule has 0 atom stereocenters. The van der Waals surface area contributed by atoms with Crippen LogP contribution in [0, 0.1) is 5.92 Å². The third-order valence-corrected chi connectivity index (χ3v) is 2.21. The predicted molar refractivity (Wildman–Crippen MR) is 64.5 cm³/mol. The summed E-state index contributed by atoms with van der Waals surface area (Å²) in [5.74, 6) is 1.09. The molecule has 0 aliphatic carbocycles. The number of alkyl halides is 2. The van der Waals surface area contributed by atoms with Gasteiger partial charge in [0.1, 0.15) is 12.4 Å². The fourth-order valence-electron chi connectivity index (χ4n) is 1.44. The maximum atomic E-state index is 12.1. The molecule has 0 aromatic heterocycles. The van der Waals surface area contributed by atoms with Gasteiger partial charge in [0, 0.05) is 12.1 Å². The highest BCUT2D eigenvalue weighted by molar-refractivity contribution is 5.33. The van der Waals surface area contributed by atoms with Crippen LogP contribution in [0.25, 0.3) is 0 Å². The average Bonchev–Trinajstić information content (AvgIpc) is 2.27. The molecule has 0 saturated carbocycles. The molecule has 0 radical (unpaired) electrons. The topological polar surface area (TPSA) is 21.3 Å². The fourth-order valence-corrected chi connectivity index (χ4v) is 1.44. The van der Waals surface area contributed by atoms with Gasteiger partial charge in [-0.15, -0.1) is 0 Å². The van der Waals surface area contributed by atoms with Gasteiger partial charge < -0.3 is 10.1 Å². The largest absolute Gasteiger partial charge is 0.487 e. The molecule has 0 heterocycles. The Morgan fingerprint density at radius 1 is 1.24 bits per heavy atom. The van der Waals surface area contributed by atoms with Gasteiger partial charge in [-0.1, -0.05) is 32.0 Å². The Bertz CT molecular complexity index is 329. The number of halogens is 2. The molecule has 0 saturated heterocycles. The van der Waals surface area contributed by atoms with E-state index in [0.29, 0.717) is 18.2 Å². The first-order valence-corrected chi connectivity index (χ1v) is 5.79. The number of hydrogen-bond donors (Lipinski definition) is 1. The van der Waals surface area contributed by atoms with Crippen LogP contribution in [0.15, 0.2) is 24.3 Å². The lowest BCUT2D eigenvalue weighted by Crippen LogP contribution is -2.19. The Morgan fingerprint density at radius 3 is 2.59 bits per heavy atom. The van der Waals surface area contributed by atoms with Crippen LogP contribution in [-0.4, -0.2) is 19.6 Å². The van der Waals surface area contributed by atoms with Crippen molar-refractivity contribution >= 4 is 0 Å². The summed E-state index contributed by atoms with van der Waals surface area (Å²) in [7, 11) is 0. The zero-order valence-corrected chi connectivity index (χ0v) is 10.2. The quantitative estimate of drug-likeness (QED) is 0.794. The summed E-state index contributed by atoms with van der Waals surface area (Å²) >= 11 is 0.